The molecule has 0 radical (unpaired) electrons. The van der Waals surface area contributed by atoms with E-state index in [9.17, 15) is 9.59 Å². The van der Waals surface area contributed by atoms with E-state index in [1.54, 1.807) is 49.6 Å². The maximum atomic E-state index is 13.0. The Labute approximate surface area is 249 Å². The average Bonchev–Trinajstić information content (AvgIpc) is 3.25. The topological polar surface area (TPSA) is 95.1 Å². The number of methoxy groups -OCH3 is 1. The predicted molar refractivity (Wildman–Crippen MR) is 166 cm³/mol. The van der Waals surface area contributed by atoms with E-state index >= 15 is 0 Å². The zero-order chi connectivity index (χ0) is 30.4. The van der Waals surface area contributed by atoms with Gasteiger partial charge >= 0.3 is 5.97 Å². The number of fused-ring (bicyclic) bond motifs is 4. The van der Waals surface area contributed by atoms with Crippen molar-refractivity contribution in [2.45, 2.75) is 38.0 Å². The molecular weight excluding hydrogens is 544 g/mol. The van der Waals surface area contributed by atoms with E-state index in [2.05, 4.69) is 23.2 Å². The van der Waals surface area contributed by atoms with Crippen LogP contribution in [-0.2, 0) is 14.9 Å². The van der Waals surface area contributed by atoms with Gasteiger partial charge in [-0.2, -0.15) is 0 Å². The average molecular weight is 577 g/mol. The van der Waals surface area contributed by atoms with Gasteiger partial charge in [0.2, 0.25) is 5.72 Å². The van der Waals surface area contributed by atoms with Crippen molar-refractivity contribution in [1.29, 1.82) is 0 Å². The lowest BCUT2D eigenvalue weighted by Gasteiger charge is -2.46. The van der Waals surface area contributed by atoms with Gasteiger partial charge in [-0.3, -0.25) is 0 Å². The first-order valence-corrected chi connectivity index (χ1v) is 14.0. The summed E-state index contributed by atoms with van der Waals surface area (Å²) in [7, 11) is 1.62. The third-order valence-corrected chi connectivity index (χ3v) is 8.30. The molecule has 0 saturated heterocycles. The Morgan fingerprint density at radius 2 is 1.81 bits per heavy atom. The molecule has 0 aliphatic carbocycles. The van der Waals surface area contributed by atoms with Gasteiger partial charge in [-0.1, -0.05) is 49.1 Å². The molecule has 218 valence electrons. The molecule has 8 nitrogen and oxygen atoms in total. The lowest BCUT2D eigenvalue weighted by molar-refractivity contribution is 0.0615. The minimum Gasteiger partial charge on any atom is -0.486 e. The highest BCUT2D eigenvalue weighted by atomic mass is 16.6. The van der Waals surface area contributed by atoms with Gasteiger partial charge < -0.3 is 29.6 Å². The summed E-state index contributed by atoms with van der Waals surface area (Å²) < 4.78 is 24.5. The number of hydrogen-bond donors (Lipinski definition) is 2. The van der Waals surface area contributed by atoms with Crippen LogP contribution in [0.25, 0.3) is 10.8 Å². The monoisotopic (exact) mass is 576 g/mol. The fourth-order valence-corrected chi connectivity index (χ4v) is 5.86. The second-order valence-electron chi connectivity index (χ2n) is 11.1. The van der Waals surface area contributed by atoms with Crippen molar-refractivity contribution < 1.29 is 28.5 Å². The van der Waals surface area contributed by atoms with Crippen LogP contribution in [0.2, 0.25) is 0 Å². The van der Waals surface area contributed by atoms with Gasteiger partial charge in [0.1, 0.15) is 6.61 Å². The van der Waals surface area contributed by atoms with E-state index in [4.69, 9.17) is 18.9 Å². The summed E-state index contributed by atoms with van der Waals surface area (Å²) >= 11 is 0. The fourth-order valence-electron chi connectivity index (χ4n) is 5.86. The lowest BCUT2D eigenvalue weighted by atomic mass is 9.75. The van der Waals surface area contributed by atoms with Crippen molar-refractivity contribution in [2.75, 3.05) is 24.4 Å². The molecule has 0 saturated carbocycles. The third kappa shape index (κ3) is 4.43. The standard InChI is InChI=1S/C35H32N2O6/c1-6-16-41-28-19-25-23(18-29(28)42-33(39)22-12-8-7-9-13-22)17-24(21(2)40-5)32-31(25)36-30(20-38)35(43-32)34(3,4)26-14-10-11-15-27(26)37-35/h6-15,17-19,21,36-37H,1,16H2,2-5H3. The van der Waals surface area contributed by atoms with Crippen LogP contribution >= 0.6 is 0 Å². The molecule has 2 aliphatic rings. The van der Waals surface area contributed by atoms with E-state index in [1.165, 1.54) is 0 Å². The Kier molecular flexibility index (Phi) is 6.97. The van der Waals surface area contributed by atoms with Gasteiger partial charge in [0, 0.05) is 23.7 Å². The molecular formula is C35H32N2O6. The molecule has 0 amide bonds. The summed E-state index contributed by atoms with van der Waals surface area (Å²) in [5.41, 5.74) is 1.89. The molecule has 1 spiro atoms. The number of benzene rings is 4. The van der Waals surface area contributed by atoms with Crippen LogP contribution in [0.1, 0.15) is 48.4 Å². The Morgan fingerprint density at radius 1 is 1.07 bits per heavy atom. The number of rotatable bonds is 7. The van der Waals surface area contributed by atoms with Gasteiger partial charge in [-0.15, -0.1) is 0 Å². The maximum absolute atomic E-state index is 13.0. The number of ether oxygens (including phenoxy) is 4. The zero-order valence-electron chi connectivity index (χ0n) is 24.4. The van der Waals surface area contributed by atoms with Crippen LogP contribution < -0.4 is 24.8 Å². The number of hydrogen-bond acceptors (Lipinski definition) is 8. The molecule has 2 N–H and O–H groups in total. The Hall–Kier alpha value is -5.04. The van der Waals surface area contributed by atoms with Crippen LogP contribution in [0.4, 0.5) is 11.4 Å². The van der Waals surface area contributed by atoms with Gasteiger partial charge in [0.05, 0.1) is 22.8 Å². The summed E-state index contributed by atoms with van der Waals surface area (Å²) in [5.74, 6) is 2.70. The molecule has 2 unspecified atom stereocenters. The lowest BCUT2D eigenvalue weighted by Crippen LogP contribution is -2.59. The highest BCUT2D eigenvalue weighted by molar-refractivity contribution is 6.03. The molecule has 2 atom stereocenters. The van der Waals surface area contributed by atoms with Crippen LogP contribution in [-0.4, -0.2) is 31.4 Å². The van der Waals surface area contributed by atoms with Crippen molar-refractivity contribution in [3.63, 3.8) is 0 Å². The summed E-state index contributed by atoms with van der Waals surface area (Å²) in [5, 5.41) is 8.26. The number of carbonyl (C=O) groups is 1. The number of anilines is 2. The van der Waals surface area contributed by atoms with Crippen molar-refractivity contribution >= 4 is 34.1 Å². The first-order chi connectivity index (χ1) is 20.7. The molecule has 0 fully saturated rings. The minimum atomic E-state index is -1.26. The van der Waals surface area contributed by atoms with Crippen LogP contribution in [0.15, 0.2) is 91.1 Å². The molecule has 4 aromatic carbocycles. The summed E-state index contributed by atoms with van der Waals surface area (Å²) in [4.78, 5) is 25.6. The first kappa shape index (κ1) is 28.1. The number of para-hydroxylation sites is 1. The van der Waals surface area contributed by atoms with Gasteiger partial charge in [-0.05, 0) is 68.1 Å². The fraction of sp³-hybridized carbons (Fsp3) is 0.229. The Balaban J connectivity index is 1.54. The highest BCUT2D eigenvalue weighted by Crippen LogP contribution is 2.56. The van der Waals surface area contributed by atoms with E-state index in [0.717, 1.165) is 22.2 Å². The van der Waals surface area contributed by atoms with Gasteiger partial charge in [0.25, 0.3) is 0 Å². The Morgan fingerprint density at radius 3 is 2.51 bits per heavy atom. The quantitative estimate of drug-likeness (QED) is 0.106. The predicted octanol–water partition coefficient (Wildman–Crippen LogP) is 6.95. The number of carbonyl (C=O) groups excluding carboxylic acids is 2. The van der Waals surface area contributed by atoms with E-state index in [1.807, 2.05) is 57.2 Å². The molecule has 8 heteroatoms. The van der Waals surface area contributed by atoms with E-state index in [-0.39, 0.29) is 24.2 Å². The Bertz CT molecular complexity index is 1810. The molecule has 4 aromatic rings. The summed E-state index contributed by atoms with van der Waals surface area (Å²) in [6.45, 7) is 9.92. The SMILES string of the molecule is C=CCOc1cc2c3c(c(C(C)OC)cc2cc1OC(=O)c1ccccc1)OC1(Nc2ccccc2C1(C)C)C(=C=O)N3. The van der Waals surface area contributed by atoms with Crippen molar-refractivity contribution in [3.8, 4) is 17.2 Å². The van der Waals surface area contributed by atoms with Crippen LogP contribution in [0.5, 0.6) is 17.2 Å². The summed E-state index contributed by atoms with van der Waals surface area (Å²) in [6.07, 6.45) is 1.23. The van der Waals surface area contributed by atoms with Crippen molar-refractivity contribution in [3.05, 3.63) is 108 Å². The third-order valence-electron chi connectivity index (χ3n) is 8.30. The second-order valence-corrected chi connectivity index (χ2v) is 11.1. The molecule has 2 heterocycles. The number of esters is 1. The van der Waals surface area contributed by atoms with Crippen molar-refractivity contribution in [2.24, 2.45) is 0 Å². The van der Waals surface area contributed by atoms with E-state index in [0.29, 0.717) is 28.1 Å². The van der Waals surface area contributed by atoms with E-state index < -0.39 is 17.1 Å². The maximum Gasteiger partial charge on any atom is 0.343 e. The highest BCUT2D eigenvalue weighted by Gasteiger charge is 2.60. The van der Waals surface area contributed by atoms with Gasteiger partial charge in [-0.25, -0.2) is 9.59 Å². The molecule has 2 aliphatic heterocycles. The molecule has 0 aromatic heterocycles. The zero-order valence-corrected chi connectivity index (χ0v) is 24.4. The van der Waals surface area contributed by atoms with Crippen LogP contribution in [0, 0.1) is 0 Å². The van der Waals surface area contributed by atoms with Crippen LogP contribution in [0.3, 0.4) is 0 Å². The second kappa shape index (κ2) is 10.7. The normalized spacial score (nSPS) is 18.4. The smallest absolute Gasteiger partial charge is 0.343 e. The molecule has 6 rings (SSSR count). The summed E-state index contributed by atoms with van der Waals surface area (Å²) in [6, 6.07) is 22.1. The molecule has 43 heavy (non-hydrogen) atoms. The molecule has 0 bridgehead atoms. The van der Waals surface area contributed by atoms with Crippen molar-refractivity contribution in [1.82, 2.24) is 0 Å². The number of nitrogens with one attached hydrogen (secondary N) is 2. The van der Waals surface area contributed by atoms with Gasteiger partial charge in [0.15, 0.2) is 28.9 Å². The minimum absolute atomic E-state index is 0.186. The first-order valence-electron chi connectivity index (χ1n) is 14.0. The largest absolute Gasteiger partial charge is 0.486 e.